The maximum atomic E-state index is 13.8. The Morgan fingerprint density at radius 1 is 0.718 bits per heavy atom. The van der Waals surface area contributed by atoms with Gasteiger partial charge in [-0.05, 0) is 65.5 Å². The lowest BCUT2D eigenvalue weighted by Gasteiger charge is -2.21. The largest absolute Gasteiger partial charge is 0.319 e. The SMILES string of the molecule is O=c1c2ccc3c4c(ccc(c42)c2nc4ccc(S(=O)(=O)O)cc4n12)-c1nc2ccc(S(=O)(=O)O)cc2n1C3. The minimum Gasteiger partial charge on any atom is -0.319 e. The molecule has 4 aromatic carbocycles. The summed E-state index contributed by atoms with van der Waals surface area (Å²) in [4.78, 5) is 22.6. The fraction of sp³-hybridized carbons (Fsp3) is 0.0385. The molecule has 0 aliphatic carbocycles. The van der Waals surface area contributed by atoms with E-state index in [1.54, 1.807) is 12.1 Å². The third kappa shape index (κ3) is 2.89. The van der Waals surface area contributed by atoms with Gasteiger partial charge in [-0.15, -0.1) is 0 Å². The average molecular weight is 559 g/mol. The normalized spacial score (nSPS) is 13.8. The maximum Gasteiger partial charge on any atom is 0.294 e. The van der Waals surface area contributed by atoms with Gasteiger partial charge in [-0.3, -0.25) is 18.3 Å². The second-order valence-electron chi connectivity index (χ2n) is 9.53. The van der Waals surface area contributed by atoms with Gasteiger partial charge >= 0.3 is 0 Å². The zero-order valence-corrected chi connectivity index (χ0v) is 21.2. The number of fused-ring (bicyclic) bond motifs is 8. The first-order chi connectivity index (χ1) is 18.5. The molecule has 0 saturated carbocycles. The summed E-state index contributed by atoms with van der Waals surface area (Å²) in [6, 6.07) is 15.4. The summed E-state index contributed by atoms with van der Waals surface area (Å²) >= 11 is 0. The Morgan fingerprint density at radius 2 is 1.36 bits per heavy atom. The highest BCUT2D eigenvalue weighted by atomic mass is 32.2. The van der Waals surface area contributed by atoms with Crippen molar-refractivity contribution in [1.82, 2.24) is 18.9 Å². The number of benzene rings is 4. The van der Waals surface area contributed by atoms with Gasteiger partial charge in [0, 0.05) is 21.7 Å². The summed E-state index contributed by atoms with van der Waals surface area (Å²) in [5.41, 5.74) is 3.39. The summed E-state index contributed by atoms with van der Waals surface area (Å²) in [7, 11) is -8.88. The predicted molar refractivity (Wildman–Crippen MR) is 143 cm³/mol. The number of rotatable bonds is 2. The summed E-state index contributed by atoms with van der Waals surface area (Å²) in [5, 5.41) is 2.62. The molecule has 1 aliphatic heterocycles. The molecule has 13 heteroatoms. The van der Waals surface area contributed by atoms with Crippen LogP contribution in [0.5, 0.6) is 0 Å². The van der Waals surface area contributed by atoms with Crippen molar-refractivity contribution in [2.75, 3.05) is 0 Å². The van der Waals surface area contributed by atoms with E-state index in [0.29, 0.717) is 50.7 Å². The van der Waals surface area contributed by atoms with Gasteiger partial charge in [0.25, 0.3) is 25.8 Å². The maximum absolute atomic E-state index is 13.8. The zero-order chi connectivity index (χ0) is 27.0. The molecule has 39 heavy (non-hydrogen) atoms. The van der Waals surface area contributed by atoms with Crippen LogP contribution in [0.15, 0.2) is 75.2 Å². The molecule has 1 aliphatic rings. The fourth-order valence-electron chi connectivity index (χ4n) is 5.77. The van der Waals surface area contributed by atoms with Crippen LogP contribution in [0.3, 0.4) is 0 Å². The minimum absolute atomic E-state index is 0.226. The van der Waals surface area contributed by atoms with Crippen LogP contribution < -0.4 is 5.56 Å². The van der Waals surface area contributed by atoms with E-state index in [0.717, 1.165) is 16.5 Å². The quantitative estimate of drug-likeness (QED) is 0.303. The fourth-order valence-corrected chi connectivity index (χ4v) is 6.77. The van der Waals surface area contributed by atoms with Crippen LogP contribution in [0, 0.1) is 0 Å². The molecule has 0 radical (unpaired) electrons. The van der Waals surface area contributed by atoms with Crippen molar-refractivity contribution >= 4 is 69.5 Å². The van der Waals surface area contributed by atoms with Crippen molar-refractivity contribution in [2.24, 2.45) is 0 Å². The minimum atomic E-state index is -4.48. The lowest BCUT2D eigenvalue weighted by atomic mass is 9.91. The van der Waals surface area contributed by atoms with E-state index in [9.17, 15) is 30.7 Å². The molecular weight excluding hydrogens is 544 g/mol. The van der Waals surface area contributed by atoms with Gasteiger partial charge in [0.15, 0.2) is 0 Å². The highest BCUT2D eigenvalue weighted by Crippen LogP contribution is 2.42. The van der Waals surface area contributed by atoms with E-state index in [2.05, 4.69) is 4.98 Å². The second kappa shape index (κ2) is 6.95. The third-order valence-electron chi connectivity index (χ3n) is 7.43. The Kier molecular flexibility index (Phi) is 4.02. The summed E-state index contributed by atoms with van der Waals surface area (Å²) in [5.74, 6) is 0.595. The Hall–Kier alpha value is -4.43. The topological polar surface area (TPSA) is 161 Å². The number of hydrogen-bond acceptors (Lipinski definition) is 7. The van der Waals surface area contributed by atoms with Gasteiger partial charge in [0.05, 0.1) is 38.4 Å². The van der Waals surface area contributed by atoms with Gasteiger partial charge < -0.3 is 4.57 Å². The van der Waals surface area contributed by atoms with Gasteiger partial charge in [0.1, 0.15) is 11.5 Å². The number of pyridine rings is 1. The van der Waals surface area contributed by atoms with Crippen LogP contribution in [-0.4, -0.2) is 44.9 Å². The van der Waals surface area contributed by atoms with Crippen molar-refractivity contribution in [3.8, 4) is 11.4 Å². The van der Waals surface area contributed by atoms with Crippen LogP contribution in [0.2, 0.25) is 0 Å². The lowest BCUT2D eigenvalue weighted by molar-refractivity contribution is 0.481. The second-order valence-corrected chi connectivity index (χ2v) is 12.4. The Labute approximate surface area is 218 Å². The highest BCUT2D eigenvalue weighted by molar-refractivity contribution is 7.86. The van der Waals surface area contributed by atoms with Gasteiger partial charge in [0.2, 0.25) is 0 Å². The molecule has 0 saturated heterocycles. The molecule has 0 unspecified atom stereocenters. The molecule has 0 bridgehead atoms. The predicted octanol–water partition coefficient (Wildman–Crippen LogP) is 3.46. The molecule has 7 aromatic rings. The summed E-state index contributed by atoms with van der Waals surface area (Å²) < 4.78 is 69.3. The number of aromatic nitrogens is 4. The van der Waals surface area contributed by atoms with Crippen molar-refractivity contribution in [3.63, 3.8) is 0 Å². The van der Waals surface area contributed by atoms with E-state index >= 15 is 0 Å². The average Bonchev–Trinajstić information content (AvgIpc) is 3.45. The monoisotopic (exact) mass is 558 g/mol. The standard InChI is InChI=1S/C26H14N4O7S2/c31-26-17-4-1-12-11-29-20-9-13(38(32,33)34)2-7-18(20)27-24(29)15-5-6-16(23(17)22(12)15)25-28-19-8-3-14(39(35,36)37)10-21(19)30(25)26/h1-10H,11H2,(H,32,33,34)(H,35,36,37). The number of imidazole rings is 2. The molecule has 11 nitrogen and oxygen atoms in total. The summed E-state index contributed by atoms with van der Waals surface area (Å²) in [6.07, 6.45) is 0. The highest BCUT2D eigenvalue weighted by Gasteiger charge is 2.27. The van der Waals surface area contributed by atoms with Crippen LogP contribution in [0.4, 0.5) is 0 Å². The van der Waals surface area contributed by atoms with E-state index in [1.807, 2.05) is 22.8 Å². The first-order valence-electron chi connectivity index (χ1n) is 11.6. The number of nitrogens with zero attached hydrogens (tertiary/aromatic N) is 4. The molecule has 4 heterocycles. The molecular formula is C26H14N4O7S2. The Balaban J connectivity index is 1.48. The number of hydrogen-bond donors (Lipinski definition) is 2. The molecule has 0 spiro atoms. The van der Waals surface area contributed by atoms with Crippen LogP contribution in [0.1, 0.15) is 5.56 Å². The molecule has 0 atom stereocenters. The third-order valence-corrected chi connectivity index (χ3v) is 9.13. The molecule has 2 N–H and O–H groups in total. The lowest BCUT2D eigenvalue weighted by Crippen LogP contribution is -2.15. The molecule has 192 valence electrons. The molecule has 0 fully saturated rings. The smallest absolute Gasteiger partial charge is 0.294 e. The van der Waals surface area contributed by atoms with E-state index in [4.69, 9.17) is 4.98 Å². The van der Waals surface area contributed by atoms with Crippen LogP contribution in [-0.2, 0) is 26.8 Å². The van der Waals surface area contributed by atoms with Gasteiger partial charge in [-0.1, -0.05) is 6.07 Å². The van der Waals surface area contributed by atoms with Crippen molar-refractivity contribution < 1.29 is 25.9 Å². The first kappa shape index (κ1) is 22.5. The zero-order valence-electron chi connectivity index (χ0n) is 19.5. The van der Waals surface area contributed by atoms with Gasteiger partial charge in [-0.25, -0.2) is 9.97 Å². The Morgan fingerprint density at radius 3 is 2.05 bits per heavy atom. The molecule has 3 aromatic heterocycles. The Bertz CT molecular complexity index is 2550. The van der Waals surface area contributed by atoms with Crippen molar-refractivity contribution in [1.29, 1.82) is 0 Å². The summed E-state index contributed by atoms with van der Waals surface area (Å²) in [6.45, 7) is 0.357. The first-order valence-corrected chi connectivity index (χ1v) is 14.5. The molecule has 8 rings (SSSR count). The van der Waals surface area contributed by atoms with E-state index in [1.165, 1.54) is 34.7 Å². The van der Waals surface area contributed by atoms with Crippen LogP contribution in [0.25, 0.3) is 60.6 Å². The van der Waals surface area contributed by atoms with Crippen LogP contribution >= 0.6 is 0 Å². The van der Waals surface area contributed by atoms with Crippen molar-refractivity contribution in [3.05, 3.63) is 76.6 Å². The molecule has 0 amide bonds. The van der Waals surface area contributed by atoms with Gasteiger partial charge in [-0.2, -0.15) is 16.8 Å². The van der Waals surface area contributed by atoms with E-state index in [-0.39, 0.29) is 20.9 Å². The van der Waals surface area contributed by atoms with Crippen molar-refractivity contribution in [2.45, 2.75) is 16.3 Å². The van der Waals surface area contributed by atoms with E-state index < -0.39 is 20.2 Å².